The number of rotatable bonds is 4. The van der Waals surface area contributed by atoms with Gasteiger partial charge in [0.15, 0.2) is 0 Å². The standard InChI is InChI=1S/C18H26N2O2Si/c1-11-7-15(8-12(2)17(11)19)21-23(5,6)22-16-9-13(3)18(20)14(4)10-16/h7-10H,19-20H2,1-6H3. The highest BCUT2D eigenvalue weighted by Crippen LogP contribution is 2.29. The summed E-state index contributed by atoms with van der Waals surface area (Å²) in [5.74, 6) is 1.60. The molecule has 0 saturated carbocycles. The molecule has 4 N–H and O–H groups in total. The molecule has 0 aliphatic rings. The lowest BCUT2D eigenvalue weighted by atomic mass is 10.1. The zero-order valence-electron chi connectivity index (χ0n) is 14.8. The zero-order valence-corrected chi connectivity index (χ0v) is 15.8. The fraction of sp³-hybridized carbons (Fsp3) is 0.333. The highest BCUT2D eigenvalue weighted by molar-refractivity contribution is 6.66. The summed E-state index contributed by atoms with van der Waals surface area (Å²) in [6.07, 6.45) is 0. The highest BCUT2D eigenvalue weighted by Gasteiger charge is 2.29. The maximum absolute atomic E-state index is 6.16. The van der Waals surface area contributed by atoms with Gasteiger partial charge in [0.2, 0.25) is 0 Å². The summed E-state index contributed by atoms with van der Waals surface area (Å²) >= 11 is 0. The van der Waals surface area contributed by atoms with Crippen LogP contribution in [0.3, 0.4) is 0 Å². The summed E-state index contributed by atoms with van der Waals surface area (Å²) in [4.78, 5) is 0. The molecule has 2 aromatic rings. The minimum Gasteiger partial charge on any atom is -0.512 e. The largest absolute Gasteiger partial charge is 0.512 e. The van der Waals surface area contributed by atoms with Crippen LogP contribution in [0.1, 0.15) is 22.3 Å². The van der Waals surface area contributed by atoms with E-state index in [1.807, 2.05) is 65.1 Å². The summed E-state index contributed by atoms with van der Waals surface area (Å²) in [7, 11) is -2.39. The molecule has 0 atom stereocenters. The number of hydrogen-bond donors (Lipinski definition) is 2. The van der Waals surface area contributed by atoms with Gasteiger partial charge in [-0.1, -0.05) is 0 Å². The van der Waals surface area contributed by atoms with Crippen LogP contribution in [0.2, 0.25) is 13.1 Å². The lowest BCUT2D eigenvalue weighted by Gasteiger charge is -2.26. The Morgan fingerprint density at radius 2 is 0.913 bits per heavy atom. The Bertz CT molecular complexity index is 634. The van der Waals surface area contributed by atoms with Crippen LogP contribution in [-0.4, -0.2) is 8.56 Å². The van der Waals surface area contributed by atoms with Crippen LogP contribution in [0.15, 0.2) is 24.3 Å². The molecule has 0 amide bonds. The quantitative estimate of drug-likeness (QED) is 0.649. The highest BCUT2D eigenvalue weighted by atomic mass is 28.4. The Morgan fingerprint density at radius 3 is 1.17 bits per heavy atom. The maximum Gasteiger partial charge on any atom is 0.454 e. The van der Waals surface area contributed by atoms with Gasteiger partial charge in [0.25, 0.3) is 0 Å². The summed E-state index contributed by atoms with van der Waals surface area (Å²) in [5.41, 5.74) is 17.7. The van der Waals surface area contributed by atoms with Crippen LogP contribution in [0.5, 0.6) is 11.5 Å². The summed E-state index contributed by atoms with van der Waals surface area (Å²) in [6, 6.07) is 7.83. The second kappa shape index (κ2) is 6.16. The second-order valence-corrected chi connectivity index (χ2v) is 9.75. The van der Waals surface area contributed by atoms with Crippen molar-refractivity contribution in [1.29, 1.82) is 0 Å². The normalized spacial score (nSPS) is 11.4. The molecule has 0 radical (unpaired) electrons. The van der Waals surface area contributed by atoms with E-state index < -0.39 is 8.56 Å². The molecule has 0 saturated heterocycles. The first-order valence-corrected chi connectivity index (χ1v) is 10.5. The first-order chi connectivity index (χ1) is 10.6. The van der Waals surface area contributed by atoms with E-state index in [0.29, 0.717) is 0 Å². The first-order valence-electron chi connectivity index (χ1n) is 7.70. The van der Waals surface area contributed by atoms with Crippen LogP contribution in [0, 0.1) is 27.7 Å². The van der Waals surface area contributed by atoms with E-state index in [4.69, 9.17) is 20.3 Å². The Hall–Kier alpha value is -2.14. The lowest BCUT2D eigenvalue weighted by Crippen LogP contribution is -2.41. The van der Waals surface area contributed by atoms with Gasteiger partial charge in [-0.2, -0.15) is 0 Å². The molecular formula is C18H26N2O2Si. The maximum atomic E-state index is 6.16. The van der Waals surface area contributed by atoms with E-state index >= 15 is 0 Å². The Balaban J connectivity index is 2.22. The van der Waals surface area contributed by atoms with Gasteiger partial charge in [-0.3, -0.25) is 0 Å². The third-order valence-corrected chi connectivity index (χ3v) is 5.32. The molecule has 0 fully saturated rings. The van der Waals surface area contributed by atoms with Crippen molar-refractivity contribution in [3.63, 3.8) is 0 Å². The predicted molar refractivity (Wildman–Crippen MR) is 99.4 cm³/mol. The Morgan fingerprint density at radius 1 is 0.652 bits per heavy atom. The molecule has 23 heavy (non-hydrogen) atoms. The number of aryl methyl sites for hydroxylation is 4. The van der Waals surface area contributed by atoms with Crippen molar-refractivity contribution in [2.75, 3.05) is 11.5 Å². The number of benzene rings is 2. The molecular weight excluding hydrogens is 304 g/mol. The third kappa shape index (κ3) is 3.99. The fourth-order valence-corrected chi connectivity index (χ4v) is 3.99. The molecule has 5 heteroatoms. The Labute approximate surface area is 139 Å². The fourth-order valence-electron chi connectivity index (χ4n) is 2.58. The predicted octanol–water partition coefficient (Wildman–Crippen LogP) is 4.24. The molecule has 2 aromatic carbocycles. The number of nitrogen functional groups attached to an aromatic ring is 2. The monoisotopic (exact) mass is 330 g/mol. The van der Waals surface area contributed by atoms with Gasteiger partial charge in [0, 0.05) is 24.5 Å². The van der Waals surface area contributed by atoms with Crippen LogP contribution in [0.4, 0.5) is 11.4 Å². The zero-order chi connectivity index (χ0) is 17.4. The van der Waals surface area contributed by atoms with Crippen LogP contribution in [-0.2, 0) is 0 Å². The molecule has 2 rings (SSSR count). The molecule has 0 aliphatic carbocycles. The van der Waals surface area contributed by atoms with Crippen LogP contribution < -0.4 is 20.3 Å². The van der Waals surface area contributed by atoms with E-state index in [-0.39, 0.29) is 0 Å². The molecule has 0 bridgehead atoms. The molecule has 0 aromatic heterocycles. The van der Waals surface area contributed by atoms with Crippen LogP contribution in [0.25, 0.3) is 0 Å². The molecule has 0 heterocycles. The SMILES string of the molecule is Cc1cc(O[Si](C)(C)Oc2cc(C)c(N)c(C)c2)cc(C)c1N. The van der Waals surface area contributed by atoms with Gasteiger partial charge in [0.1, 0.15) is 11.5 Å². The summed E-state index contributed by atoms with van der Waals surface area (Å²) < 4.78 is 12.3. The average Bonchev–Trinajstić information content (AvgIpc) is 2.41. The van der Waals surface area contributed by atoms with Gasteiger partial charge < -0.3 is 20.3 Å². The van der Waals surface area contributed by atoms with Crippen molar-refractivity contribution >= 4 is 19.9 Å². The van der Waals surface area contributed by atoms with Crippen LogP contribution >= 0.6 is 0 Å². The van der Waals surface area contributed by atoms with Gasteiger partial charge in [-0.15, -0.1) is 0 Å². The first kappa shape index (κ1) is 17.2. The van der Waals surface area contributed by atoms with E-state index in [1.54, 1.807) is 0 Å². The second-order valence-electron chi connectivity index (χ2n) is 6.55. The number of hydrogen-bond acceptors (Lipinski definition) is 4. The van der Waals surface area contributed by atoms with E-state index in [2.05, 4.69) is 0 Å². The molecule has 124 valence electrons. The molecule has 0 spiro atoms. The van der Waals surface area contributed by atoms with E-state index in [9.17, 15) is 0 Å². The number of anilines is 2. The number of nitrogens with two attached hydrogens (primary N) is 2. The minimum absolute atomic E-state index is 0.801. The lowest BCUT2D eigenvalue weighted by molar-refractivity contribution is 0.399. The van der Waals surface area contributed by atoms with Crippen molar-refractivity contribution in [1.82, 2.24) is 0 Å². The average molecular weight is 331 g/mol. The van der Waals surface area contributed by atoms with Crippen molar-refractivity contribution < 1.29 is 8.85 Å². The van der Waals surface area contributed by atoms with Crippen molar-refractivity contribution in [3.05, 3.63) is 46.5 Å². The van der Waals surface area contributed by atoms with Gasteiger partial charge in [-0.25, -0.2) is 0 Å². The van der Waals surface area contributed by atoms with Crippen molar-refractivity contribution in [2.45, 2.75) is 40.8 Å². The Kier molecular flexibility index (Phi) is 4.61. The molecule has 0 aliphatic heterocycles. The third-order valence-electron chi connectivity index (χ3n) is 3.86. The van der Waals surface area contributed by atoms with Crippen molar-refractivity contribution in [3.8, 4) is 11.5 Å². The smallest absolute Gasteiger partial charge is 0.454 e. The van der Waals surface area contributed by atoms with Crippen molar-refractivity contribution in [2.24, 2.45) is 0 Å². The minimum atomic E-state index is -2.39. The topological polar surface area (TPSA) is 70.5 Å². The van der Waals surface area contributed by atoms with Gasteiger partial charge in [-0.05, 0) is 74.2 Å². The molecule has 0 unspecified atom stereocenters. The van der Waals surface area contributed by atoms with Gasteiger partial charge in [0.05, 0.1) is 0 Å². The summed E-state index contributed by atoms with van der Waals surface area (Å²) in [6.45, 7) is 12.0. The summed E-state index contributed by atoms with van der Waals surface area (Å²) in [5, 5.41) is 0. The molecule has 4 nitrogen and oxygen atoms in total. The van der Waals surface area contributed by atoms with Gasteiger partial charge >= 0.3 is 8.56 Å². The van der Waals surface area contributed by atoms with E-state index in [1.165, 1.54) is 0 Å². The van der Waals surface area contributed by atoms with E-state index in [0.717, 1.165) is 45.1 Å².